The van der Waals surface area contributed by atoms with Gasteiger partial charge in [-0.3, -0.25) is 4.79 Å². The highest BCUT2D eigenvalue weighted by Gasteiger charge is 2.16. The number of nitrogens with zero attached hydrogens (tertiary/aromatic N) is 2. The number of imidazole rings is 1. The molecule has 4 heteroatoms. The Morgan fingerprint density at radius 3 is 2.44 bits per heavy atom. The Morgan fingerprint density at radius 2 is 1.94 bits per heavy atom. The second-order valence-corrected chi connectivity index (χ2v) is 5.16. The van der Waals surface area contributed by atoms with E-state index in [1.54, 1.807) is 12.1 Å². The van der Waals surface area contributed by atoms with E-state index in [-0.39, 0.29) is 0 Å². The number of nitrogens with two attached hydrogens (primary N) is 1. The number of aromatic nitrogens is 2. The number of carbonyl (C=O) groups excluding carboxylic acids is 1. The SMILES string of the molecule is CC(C)c1nc2cc(C(N)=O)ccc2n1C(C)C. The van der Waals surface area contributed by atoms with E-state index in [0.29, 0.717) is 17.5 Å². The number of fused-ring (bicyclic) bond motifs is 1. The van der Waals surface area contributed by atoms with Crippen LogP contribution in [0.5, 0.6) is 0 Å². The summed E-state index contributed by atoms with van der Waals surface area (Å²) in [4.78, 5) is 15.8. The quantitative estimate of drug-likeness (QED) is 0.903. The molecule has 2 N–H and O–H groups in total. The smallest absolute Gasteiger partial charge is 0.248 e. The lowest BCUT2D eigenvalue weighted by Gasteiger charge is -2.14. The van der Waals surface area contributed by atoms with E-state index >= 15 is 0 Å². The third kappa shape index (κ3) is 1.98. The standard InChI is InChI=1S/C14H19N3O/c1-8(2)14-16-11-7-10(13(15)18)5-6-12(11)17(14)9(3)4/h5-9H,1-4H3,(H2,15,18). The van der Waals surface area contributed by atoms with Crippen LogP contribution in [0, 0.1) is 0 Å². The van der Waals surface area contributed by atoms with Crippen molar-refractivity contribution in [3.8, 4) is 0 Å². The maximum absolute atomic E-state index is 11.2. The number of rotatable bonds is 3. The van der Waals surface area contributed by atoms with Gasteiger partial charge < -0.3 is 10.3 Å². The molecule has 96 valence electrons. The topological polar surface area (TPSA) is 60.9 Å². The first kappa shape index (κ1) is 12.6. The molecule has 0 fully saturated rings. The molecule has 0 saturated heterocycles. The fourth-order valence-electron chi connectivity index (χ4n) is 2.22. The average Bonchev–Trinajstić information content (AvgIpc) is 2.66. The first-order valence-corrected chi connectivity index (χ1v) is 6.23. The lowest BCUT2D eigenvalue weighted by molar-refractivity contribution is 0.100. The number of benzene rings is 1. The lowest BCUT2D eigenvalue weighted by atomic mass is 10.2. The van der Waals surface area contributed by atoms with Gasteiger partial charge >= 0.3 is 0 Å². The van der Waals surface area contributed by atoms with E-state index in [1.165, 1.54) is 0 Å². The molecule has 1 aromatic heterocycles. The van der Waals surface area contributed by atoms with Crippen LogP contribution in [-0.4, -0.2) is 15.5 Å². The van der Waals surface area contributed by atoms with Crippen LogP contribution in [-0.2, 0) is 0 Å². The van der Waals surface area contributed by atoms with Crippen LogP contribution in [0.3, 0.4) is 0 Å². The molecule has 2 aromatic rings. The van der Waals surface area contributed by atoms with Crippen LogP contribution in [0.15, 0.2) is 18.2 Å². The minimum atomic E-state index is -0.415. The van der Waals surface area contributed by atoms with Gasteiger partial charge in [0.05, 0.1) is 11.0 Å². The fourth-order valence-corrected chi connectivity index (χ4v) is 2.22. The molecule has 18 heavy (non-hydrogen) atoms. The molecule has 0 aliphatic rings. The summed E-state index contributed by atoms with van der Waals surface area (Å²) >= 11 is 0. The van der Waals surface area contributed by atoms with E-state index in [1.807, 2.05) is 6.07 Å². The largest absolute Gasteiger partial charge is 0.366 e. The van der Waals surface area contributed by atoms with Crippen molar-refractivity contribution in [2.75, 3.05) is 0 Å². The zero-order chi connectivity index (χ0) is 13.4. The van der Waals surface area contributed by atoms with Gasteiger partial charge in [0.15, 0.2) is 0 Å². The van der Waals surface area contributed by atoms with E-state index in [4.69, 9.17) is 5.73 Å². The summed E-state index contributed by atoms with van der Waals surface area (Å²) in [6.45, 7) is 8.51. The zero-order valence-electron chi connectivity index (χ0n) is 11.3. The Hall–Kier alpha value is -1.84. The van der Waals surface area contributed by atoms with E-state index < -0.39 is 5.91 Å². The van der Waals surface area contributed by atoms with Gasteiger partial charge in [-0.1, -0.05) is 13.8 Å². The first-order chi connectivity index (χ1) is 8.41. The molecule has 0 radical (unpaired) electrons. The molecule has 0 spiro atoms. The Bertz CT molecular complexity index is 596. The van der Waals surface area contributed by atoms with Crippen LogP contribution in [0.4, 0.5) is 0 Å². The monoisotopic (exact) mass is 245 g/mol. The number of hydrogen-bond acceptors (Lipinski definition) is 2. The van der Waals surface area contributed by atoms with Crippen molar-refractivity contribution >= 4 is 16.9 Å². The van der Waals surface area contributed by atoms with Crippen LogP contribution in [0.1, 0.15) is 55.8 Å². The molecule has 0 bridgehead atoms. The van der Waals surface area contributed by atoms with Crippen molar-refractivity contribution in [2.24, 2.45) is 5.73 Å². The second-order valence-electron chi connectivity index (χ2n) is 5.16. The van der Waals surface area contributed by atoms with Crippen molar-refractivity contribution in [1.82, 2.24) is 9.55 Å². The number of hydrogen-bond donors (Lipinski definition) is 1. The predicted octanol–water partition coefficient (Wildman–Crippen LogP) is 2.84. The Morgan fingerprint density at radius 1 is 1.28 bits per heavy atom. The molecular formula is C14H19N3O. The summed E-state index contributed by atoms with van der Waals surface area (Å²) in [5.41, 5.74) is 7.69. The Kier molecular flexibility index (Phi) is 3.11. The lowest BCUT2D eigenvalue weighted by Crippen LogP contribution is -2.10. The molecule has 0 atom stereocenters. The summed E-state index contributed by atoms with van der Waals surface area (Å²) in [5, 5.41) is 0. The van der Waals surface area contributed by atoms with Crippen molar-refractivity contribution in [2.45, 2.75) is 39.7 Å². The van der Waals surface area contributed by atoms with Gasteiger partial charge in [-0.25, -0.2) is 4.98 Å². The molecular weight excluding hydrogens is 226 g/mol. The van der Waals surface area contributed by atoms with Gasteiger partial charge in [0.25, 0.3) is 0 Å². The number of primary amides is 1. The minimum Gasteiger partial charge on any atom is -0.366 e. The average molecular weight is 245 g/mol. The van der Waals surface area contributed by atoms with E-state index in [2.05, 4.69) is 37.2 Å². The highest BCUT2D eigenvalue weighted by molar-refractivity contribution is 5.96. The van der Waals surface area contributed by atoms with Crippen molar-refractivity contribution < 1.29 is 4.79 Å². The van der Waals surface area contributed by atoms with Crippen LogP contribution in [0.25, 0.3) is 11.0 Å². The van der Waals surface area contributed by atoms with Crippen LogP contribution >= 0.6 is 0 Å². The number of amides is 1. The van der Waals surface area contributed by atoms with Crippen molar-refractivity contribution in [3.63, 3.8) is 0 Å². The third-order valence-electron chi connectivity index (χ3n) is 3.03. The molecule has 0 aliphatic carbocycles. The Balaban J connectivity index is 2.72. The maximum Gasteiger partial charge on any atom is 0.248 e. The summed E-state index contributed by atoms with van der Waals surface area (Å²) in [5.74, 6) is 0.973. The first-order valence-electron chi connectivity index (χ1n) is 6.23. The van der Waals surface area contributed by atoms with Crippen LogP contribution < -0.4 is 5.73 Å². The Labute approximate surface area is 107 Å². The van der Waals surface area contributed by atoms with Gasteiger partial charge in [0.2, 0.25) is 5.91 Å². The molecule has 0 saturated carbocycles. The normalized spacial score (nSPS) is 11.7. The van der Waals surface area contributed by atoms with E-state index in [9.17, 15) is 4.79 Å². The minimum absolute atomic E-state index is 0.340. The van der Waals surface area contributed by atoms with Gasteiger partial charge in [-0.05, 0) is 32.0 Å². The van der Waals surface area contributed by atoms with Gasteiger partial charge in [0, 0.05) is 17.5 Å². The molecule has 1 amide bonds. The van der Waals surface area contributed by atoms with Gasteiger partial charge in [-0.2, -0.15) is 0 Å². The maximum atomic E-state index is 11.2. The second kappa shape index (κ2) is 4.44. The molecule has 1 heterocycles. The molecule has 1 aromatic carbocycles. The predicted molar refractivity (Wildman–Crippen MR) is 72.7 cm³/mol. The summed E-state index contributed by atoms with van der Waals surface area (Å²) < 4.78 is 2.21. The molecule has 0 aliphatic heterocycles. The van der Waals surface area contributed by atoms with Crippen molar-refractivity contribution in [1.29, 1.82) is 0 Å². The molecule has 0 unspecified atom stereocenters. The highest BCUT2D eigenvalue weighted by Crippen LogP contribution is 2.26. The van der Waals surface area contributed by atoms with Gasteiger partial charge in [-0.15, -0.1) is 0 Å². The third-order valence-corrected chi connectivity index (χ3v) is 3.03. The van der Waals surface area contributed by atoms with Crippen LogP contribution in [0.2, 0.25) is 0 Å². The zero-order valence-corrected chi connectivity index (χ0v) is 11.3. The summed E-state index contributed by atoms with van der Waals surface area (Å²) in [6, 6.07) is 5.79. The fraction of sp³-hybridized carbons (Fsp3) is 0.429. The van der Waals surface area contributed by atoms with Gasteiger partial charge in [0.1, 0.15) is 5.82 Å². The summed E-state index contributed by atoms with van der Waals surface area (Å²) in [6.07, 6.45) is 0. The highest BCUT2D eigenvalue weighted by atomic mass is 16.1. The molecule has 4 nitrogen and oxygen atoms in total. The van der Waals surface area contributed by atoms with E-state index in [0.717, 1.165) is 16.9 Å². The van der Waals surface area contributed by atoms with Crippen molar-refractivity contribution in [3.05, 3.63) is 29.6 Å². The molecule has 2 rings (SSSR count). The summed E-state index contributed by atoms with van der Waals surface area (Å²) in [7, 11) is 0. The number of carbonyl (C=O) groups is 1.